The monoisotopic (exact) mass is 428 g/mol. The molecule has 0 aromatic heterocycles. The van der Waals surface area contributed by atoms with Crippen LogP contribution in [0.3, 0.4) is 0 Å². The molecule has 0 unspecified atom stereocenters. The molecule has 0 atom stereocenters. The molecule has 124 valence electrons. The highest BCUT2D eigenvalue weighted by Gasteiger charge is 2.04. The van der Waals surface area contributed by atoms with Crippen LogP contribution >= 0.6 is 24.0 Å². The lowest BCUT2D eigenvalue weighted by atomic mass is 10.1. The molecule has 0 saturated heterocycles. The maximum Gasteiger partial charge on any atom is 0.193 e. The highest BCUT2D eigenvalue weighted by molar-refractivity contribution is 14.0. The molecule has 0 amide bonds. The third-order valence-electron chi connectivity index (χ3n) is 3.08. The molecule has 0 spiro atoms. The van der Waals surface area contributed by atoms with Gasteiger partial charge in [0.2, 0.25) is 0 Å². The Morgan fingerprint density at radius 2 is 1.87 bits per heavy atom. The van der Waals surface area contributed by atoms with Crippen molar-refractivity contribution in [2.24, 2.45) is 10.7 Å². The number of benzene rings is 2. The van der Waals surface area contributed by atoms with E-state index in [1.54, 1.807) is 6.07 Å². The number of nitrogens with zero attached hydrogens (tertiary/aromatic N) is 2. The molecule has 0 heterocycles. The lowest BCUT2D eigenvalue weighted by Gasteiger charge is -2.11. The van der Waals surface area contributed by atoms with Crippen LogP contribution in [-0.2, 0) is 13.1 Å². The first-order chi connectivity index (χ1) is 10.5. The van der Waals surface area contributed by atoms with Crippen LogP contribution in [0.5, 0.6) is 0 Å². The minimum absolute atomic E-state index is 0. The summed E-state index contributed by atoms with van der Waals surface area (Å²) in [6.45, 7) is 0.915. The summed E-state index contributed by atoms with van der Waals surface area (Å²) in [5.41, 5.74) is 8.16. The number of aliphatic imine (C=N–C) groups is 1. The van der Waals surface area contributed by atoms with E-state index < -0.39 is 0 Å². The number of nitrogens with one attached hydrogen (secondary N) is 1. The molecule has 0 aliphatic rings. The lowest BCUT2D eigenvalue weighted by molar-refractivity contribution is 0.392. The summed E-state index contributed by atoms with van der Waals surface area (Å²) >= 11 is 0. The fourth-order valence-corrected chi connectivity index (χ4v) is 2.04. The smallest absolute Gasteiger partial charge is 0.193 e. The van der Waals surface area contributed by atoms with Crippen LogP contribution in [0.25, 0.3) is 0 Å². The molecule has 0 radical (unpaired) electrons. The van der Waals surface area contributed by atoms with E-state index in [4.69, 9.17) is 5.73 Å². The van der Waals surface area contributed by atoms with Gasteiger partial charge in [-0.1, -0.05) is 30.3 Å². The van der Waals surface area contributed by atoms with Gasteiger partial charge in [0.25, 0.3) is 0 Å². The van der Waals surface area contributed by atoms with E-state index >= 15 is 0 Å². The summed E-state index contributed by atoms with van der Waals surface area (Å²) in [6.07, 6.45) is 0. The van der Waals surface area contributed by atoms with E-state index in [0.717, 1.165) is 11.3 Å². The van der Waals surface area contributed by atoms with E-state index in [9.17, 15) is 4.39 Å². The molecule has 23 heavy (non-hydrogen) atoms. The largest absolute Gasteiger partial charge is 0.370 e. The van der Waals surface area contributed by atoms with Crippen LogP contribution in [0.1, 0.15) is 11.1 Å². The van der Waals surface area contributed by atoms with Crippen molar-refractivity contribution in [2.45, 2.75) is 13.1 Å². The van der Waals surface area contributed by atoms with Gasteiger partial charge in [-0.05, 0) is 37.9 Å². The zero-order valence-corrected chi connectivity index (χ0v) is 15.6. The van der Waals surface area contributed by atoms with E-state index in [1.165, 1.54) is 6.07 Å². The van der Waals surface area contributed by atoms with Gasteiger partial charge in [0.1, 0.15) is 5.82 Å². The summed E-state index contributed by atoms with van der Waals surface area (Å²) in [7, 11) is 3.82. The summed E-state index contributed by atoms with van der Waals surface area (Å²) in [5.74, 6) is 0.0972. The minimum atomic E-state index is -0.212. The molecule has 4 nitrogen and oxygen atoms in total. The molecule has 3 N–H and O–H groups in total. The second-order valence-corrected chi connectivity index (χ2v) is 5.36. The molecular weight excluding hydrogens is 406 g/mol. The Morgan fingerprint density at radius 3 is 2.48 bits per heavy atom. The van der Waals surface area contributed by atoms with E-state index in [-0.39, 0.29) is 29.8 Å². The van der Waals surface area contributed by atoms with Crippen molar-refractivity contribution in [2.75, 3.05) is 19.4 Å². The van der Waals surface area contributed by atoms with Crippen LogP contribution < -0.4 is 11.1 Å². The molecule has 2 aromatic carbocycles. The first-order valence-electron chi connectivity index (χ1n) is 7.08. The maximum absolute atomic E-state index is 14.0. The minimum Gasteiger partial charge on any atom is -0.370 e. The number of guanidine groups is 1. The fraction of sp³-hybridized carbons (Fsp3) is 0.235. The zero-order chi connectivity index (χ0) is 15.9. The zero-order valence-electron chi connectivity index (χ0n) is 13.3. The quantitative estimate of drug-likeness (QED) is 0.436. The Balaban J connectivity index is 0.00000264. The number of hydrogen-bond acceptors (Lipinski definition) is 2. The van der Waals surface area contributed by atoms with Gasteiger partial charge >= 0.3 is 0 Å². The number of anilines is 1. The first-order valence-corrected chi connectivity index (χ1v) is 7.08. The average molecular weight is 428 g/mol. The van der Waals surface area contributed by atoms with Crippen molar-refractivity contribution >= 4 is 35.6 Å². The molecule has 2 aromatic rings. The first kappa shape index (κ1) is 19.4. The molecular formula is C17H22FIN4. The number of hydrogen-bond donors (Lipinski definition) is 2. The predicted octanol–water partition coefficient (Wildman–Crippen LogP) is 3.43. The van der Waals surface area contributed by atoms with Crippen molar-refractivity contribution in [1.82, 2.24) is 4.90 Å². The fourth-order valence-electron chi connectivity index (χ4n) is 2.04. The summed E-state index contributed by atoms with van der Waals surface area (Å²) in [5, 5.41) is 2.99. The van der Waals surface area contributed by atoms with Crippen molar-refractivity contribution in [1.29, 1.82) is 0 Å². The van der Waals surface area contributed by atoms with Crippen LogP contribution in [-0.4, -0.2) is 25.0 Å². The molecule has 2 rings (SSSR count). The van der Waals surface area contributed by atoms with Gasteiger partial charge in [-0.25, -0.2) is 9.38 Å². The normalized spacial score (nSPS) is 11.2. The van der Waals surface area contributed by atoms with Gasteiger partial charge in [0.15, 0.2) is 5.96 Å². The van der Waals surface area contributed by atoms with Gasteiger partial charge < -0.3 is 16.0 Å². The van der Waals surface area contributed by atoms with Crippen LogP contribution in [0.2, 0.25) is 0 Å². The Bertz CT molecular complexity index is 644. The van der Waals surface area contributed by atoms with Gasteiger partial charge in [-0.3, -0.25) is 0 Å². The molecule has 0 bridgehead atoms. The molecule has 0 aliphatic heterocycles. The van der Waals surface area contributed by atoms with Crippen molar-refractivity contribution in [3.8, 4) is 0 Å². The van der Waals surface area contributed by atoms with Gasteiger partial charge in [0.05, 0.1) is 6.54 Å². The Morgan fingerprint density at radius 1 is 1.17 bits per heavy atom. The van der Waals surface area contributed by atoms with Gasteiger partial charge in [-0.15, -0.1) is 24.0 Å². The van der Waals surface area contributed by atoms with Gasteiger partial charge in [0, 0.05) is 17.8 Å². The summed E-state index contributed by atoms with van der Waals surface area (Å²) in [6, 6.07) is 14.7. The third-order valence-corrected chi connectivity index (χ3v) is 3.08. The average Bonchev–Trinajstić information content (AvgIpc) is 2.48. The standard InChI is InChI=1S/C17H21FN4.HI/c1-22(2)12-14-9-8-13(10-16(14)18)11-20-17(19)21-15-6-4-3-5-7-15;/h3-10H,11-12H2,1-2H3,(H3,19,20,21);1H. The Labute approximate surface area is 153 Å². The highest BCUT2D eigenvalue weighted by Crippen LogP contribution is 2.13. The van der Waals surface area contributed by atoms with Crippen LogP contribution in [0, 0.1) is 5.82 Å². The van der Waals surface area contributed by atoms with E-state index in [2.05, 4.69) is 10.3 Å². The second kappa shape index (κ2) is 9.46. The second-order valence-electron chi connectivity index (χ2n) is 5.36. The topological polar surface area (TPSA) is 53.6 Å². The van der Waals surface area contributed by atoms with Crippen LogP contribution in [0.4, 0.5) is 10.1 Å². The van der Waals surface area contributed by atoms with Crippen molar-refractivity contribution in [3.63, 3.8) is 0 Å². The summed E-state index contributed by atoms with van der Waals surface area (Å²) in [4.78, 5) is 6.16. The van der Waals surface area contributed by atoms with E-state index in [0.29, 0.717) is 24.6 Å². The van der Waals surface area contributed by atoms with Crippen molar-refractivity contribution in [3.05, 3.63) is 65.5 Å². The molecule has 0 saturated carbocycles. The summed E-state index contributed by atoms with van der Waals surface area (Å²) < 4.78 is 14.0. The molecule has 0 fully saturated rings. The number of rotatable bonds is 5. The van der Waals surface area contributed by atoms with Crippen LogP contribution in [0.15, 0.2) is 53.5 Å². The number of halogens is 2. The predicted molar refractivity (Wildman–Crippen MR) is 105 cm³/mol. The highest BCUT2D eigenvalue weighted by atomic mass is 127. The SMILES string of the molecule is CN(C)Cc1ccc(CN=C(N)Nc2ccccc2)cc1F.I. The third kappa shape index (κ3) is 6.54. The number of para-hydroxylation sites is 1. The van der Waals surface area contributed by atoms with Crippen molar-refractivity contribution < 1.29 is 4.39 Å². The Hall–Kier alpha value is -1.67. The molecule has 0 aliphatic carbocycles. The lowest BCUT2D eigenvalue weighted by Crippen LogP contribution is -2.22. The molecule has 6 heteroatoms. The van der Waals surface area contributed by atoms with Gasteiger partial charge in [-0.2, -0.15) is 0 Å². The maximum atomic E-state index is 14.0. The van der Waals surface area contributed by atoms with E-state index in [1.807, 2.05) is 55.4 Å². The Kier molecular flexibility index (Phi) is 7.97. The number of nitrogens with two attached hydrogens (primary N) is 1.